The zero-order chi connectivity index (χ0) is 14.4. The SMILES string of the molecule is O=[N+]([O-])c1cnn(CCN(CCO)C2CCCCC2)c1. The highest BCUT2D eigenvalue weighted by Gasteiger charge is 2.20. The highest BCUT2D eigenvalue weighted by molar-refractivity contribution is 5.20. The first-order chi connectivity index (χ1) is 9.70. The second-order valence-electron chi connectivity index (χ2n) is 5.27. The van der Waals surface area contributed by atoms with Crippen LogP contribution in [0.15, 0.2) is 12.4 Å². The molecule has 0 radical (unpaired) electrons. The zero-order valence-corrected chi connectivity index (χ0v) is 11.6. The van der Waals surface area contributed by atoms with E-state index in [-0.39, 0.29) is 12.3 Å². The minimum absolute atomic E-state index is 0.0244. The van der Waals surface area contributed by atoms with Crippen LogP contribution in [0.5, 0.6) is 0 Å². The van der Waals surface area contributed by atoms with Gasteiger partial charge in [-0.15, -0.1) is 0 Å². The number of nitro groups is 1. The zero-order valence-electron chi connectivity index (χ0n) is 11.6. The smallest absolute Gasteiger partial charge is 0.306 e. The standard InChI is InChI=1S/C13H22N4O3/c18-9-8-15(12-4-2-1-3-5-12)6-7-16-11-13(10-14-16)17(19)20/h10-12,18H,1-9H2. The fourth-order valence-electron chi connectivity index (χ4n) is 2.85. The van der Waals surface area contributed by atoms with Gasteiger partial charge in [-0.2, -0.15) is 5.10 Å². The molecule has 0 aliphatic heterocycles. The summed E-state index contributed by atoms with van der Waals surface area (Å²) in [4.78, 5) is 12.5. The van der Waals surface area contributed by atoms with Crippen molar-refractivity contribution < 1.29 is 10.0 Å². The van der Waals surface area contributed by atoms with Gasteiger partial charge in [0.25, 0.3) is 0 Å². The summed E-state index contributed by atoms with van der Waals surface area (Å²) in [5, 5.41) is 23.8. The Morgan fingerprint density at radius 2 is 2.15 bits per heavy atom. The van der Waals surface area contributed by atoms with E-state index in [2.05, 4.69) is 10.00 Å². The van der Waals surface area contributed by atoms with Gasteiger partial charge in [0.1, 0.15) is 12.4 Å². The van der Waals surface area contributed by atoms with E-state index in [9.17, 15) is 15.2 Å². The molecule has 0 amide bonds. The van der Waals surface area contributed by atoms with Gasteiger partial charge in [-0.25, -0.2) is 0 Å². The Hall–Kier alpha value is -1.47. The molecule has 1 N–H and O–H groups in total. The van der Waals surface area contributed by atoms with E-state index < -0.39 is 4.92 Å². The maximum atomic E-state index is 10.6. The molecular weight excluding hydrogens is 260 g/mol. The van der Waals surface area contributed by atoms with Crippen molar-refractivity contribution in [2.75, 3.05) is 19.7 Å². The van der Waals surface area contributed by atoms with Crippen LogP contribution < -0.4 is 0 Å². The predicted molar refractivity (Wildman–Crippen MR) is 74.4 cm³/mol. The molecule has 0 spiro atoms. The Kier molecular flexibility index (Phi) is 5.49. The van der Waals surface area contributed by atoms with Gasteiger partial charge in [-0.05, 0) is 12.8 Å². The van der Waals surface area contributed by atoms with Gasteiger partial charge >= 0.3 is 5.69 Å². The van der Waals surface area contributed by atoms with Gasteiger partial charge in [0.2, 0.25) is 0 Å². The molecule has 7 nitrogen and oxygen atoms in total. The molecule has 0 aromatic carbocycles. The second-order valence-corrected chi connectivity index (χ2v) is 5.27. The lowest BCUT2D eigenvalue weighted by Gasteiger charge is -2.33. The Bertz CT molecular complexity index is 429. The van der Waals surface area contributed by atoms with Crippen LogP contribution in [0.1, 0.15) is 32.1 Å². The molecule has 112 valence electrons. The maximum absolute atomic E-state index is 10.6. The van der Waals surface area contributed by atoms with Crippen LogP contribution in [-0.2, 0) is 6.54 Å². The van der Waals surface area contributed by atoms with Crippen LogP contribution in [0.25, 0.3) is 0 Å². The largest absolute Gasteiger partial charge is 0.395 e. The summed E-state index contributed by atoms with van der Waals surface area (Å²) < 4.78 is 1.60. The first kappa shape index (κ1) is 14.9. The third kappa shape index (κ3) is 4.01. The summed E-state index contributed by atoms with van der Waals surface area (Å²) in [6.45, 7) is 2.19. The van der Waals surface area contributed by atoms with Gasteiger partial charge in [-0.3, -0.25) is 19.7 Å². The van der Waals surface area contributed by atoms with Gasteiger partial charge < -0.3 is 5.11 Å². The number of hydrogen-bond acceptors (Lipinski definition) is 5. The molecule has 20 heavy (non-hydrogen) atoms. The molecule has 1 aromatic rings. The first-order valence-corrected chi connectivity index (χ1v) is 7.22. The van der Waals surface area contributed by atoms with E-state index in [1.165, 1.54) is 44.5 Å². The van der Waals surface area contributed by atoms with Crippen molar-refractivity contribution in [2.24, 2.45) is 0 Å². The third-order valence-corrected chi connectivity index (χ3v) is 3.93. The molecule has 2 rings (SSSR count). The topological polar surface area (TPSA) is 84.4 Å². The lowest BCUT2D eigenvalue weighted by molar-refractivity contribution is -0.385. The number of hydrogen-bond donors (Lipinski definition) is 1. The molecule has 0 atom stereocenters. The molecule has 1 saturated carbocycles. The van der Waals surface area contributed by atoms with E-state index >= 15 is 0 Å². The van der Waals surface area contributed by atoms with E-state index in [0.29, 0.717) is 19.1 Å². The second kappa shape index (κ2) is 7.35. The van der Waals surface area contributed by atoms with Gasteiger partial charge in [0.05, 0.1) is 18.1 Å². The molecule has 0 unspecified atom stereocenters. The van der Waals surface area contributed by atoms with Crippen molar-refractivity contribution in [2.45, 2.75) is 44.7 Å². The van der Waals surface area contributed by atoms with Crippen molar-refractivity contribution in [3.63, 3.8) is 0 Å². The normalized spacial score (nSPS) is 16.7. The number of aliphatic hydroxyl groups is 1. The molecule has 1 aliphatic rings. The van der Waals surface area contributed by atoms with Crippen molar-refractivity contribution in [1.29, 1.82) is 0 Å². The molecule has 1 fully saturated rings. The fourth-order valence-corrected chi connectivity index (χ4v) is 2.85. The Morgan fingerprint density at radius 3 is 2.75 bits per heavy atom. The average Bonchev–Trinajstić information content (AvgIpc) is 2.93. The maximum Gasteiger partial charge on any atom is 0.306 e. The average molecular weight is 282 g/mol. The molecule has 1 aromatic heterocycles. The molecule has 1 aliphatic carbocycles. The van der Waals surface area contributed by atoms with Gasteiger partial charge in [0, 0.05) is 19.1 Å². The number of aromatic nitrogens is 2. The fraction of sp³-hybridized carbons (Fsp3) is 0.769. The number of nitrogens with zero attached hydrogens (tertiary/aromatic N) is 4. The lowest BCUT2D eigenvalue weighted by atomic mass is 9.94. The number of aliphatic hydroxyl groups excluding tert-OH is 1. The minimum atomic E-state index is -0.434. The van der Waals surface area contributed by atoms with E-state index in [0.717, 1.165) is 6.54 Å². The lowest BCUT2D eigenvalue weighted by Crippen LogP contribution is -2.40. The van der Waals surface area contributed by atoms with E-state index in [4.69, 9.17) is 0 Å². The summed E-state index contributed by atoms with van der Waals surface area (Å²) >= 11 is 0. The Morgan fingerprint density at radius 1 is 1.40 bits per heavy atom. The van der Waals surface area contributed by atoms with Gasteiger partial charge in [0.15, 0.2) is 0 Å². The molecular formula is C13H22N4O3. The Labute approximate surface area is 118 Å². The van der Waals surface area contributed by atoms with Crippen molar-refractivity contribution in [3.8, 4) is 0 Å². The molecule has 0 saturated heterocycles. The first-order valence-electron chi connectivity index (χ1n) is 7.22. The van der Waals surface area contributed by atoms with Crippen LogP contribution in [0.4, 0.5) is 5.69 Å². The summed E-state index contributed by atoms with van der Waals surface area (Å²) in [7, 11) is 0. The summed E-state index contributed by atoms with van der Waals surface area (Å²) in [5.74, 6) is 0. The summed E-state index contributed by atoms with van der Waals surface area (Å²) in [6, 6.07) is 0.529. The quantitative estimate of drug-likeness (QED) is 0.604. The molecule has 1 heterocycles. The monoisotopic (exact) mass is 282 g/mol. The molecule has 7 heteroatoms. The van der Waals surface area contributed by atoms with Crippen LogP contribution >= 0.6 is 0 Å². The van der Waals surface area contributed by atoms with Crippen LogP contribution in [-0.4, -0.2) is 50.4 Å². The summed E-state index contributed by atoms with van der Waals surface area (Å²) in [6.07, 6.45) is 8.89. The van der Waals surface area contributed by atoms with Crippen molar-refractivity contribution >= 4 is 5.69 Å². The van der Waals surface area contributed by atoms with Crippen molar-refractivity contribution in [1.82, 2.24) is 14.7 Å². The Balaban J connectivity index is 1.88. The van der Waals surface area contributed by atoms with E-state index in [1.807, 2.05) is 0 Å². The third-order valence-electron chi connectivity index (χ3n) is 3.93. The van der Waals surface area contributed by atoms with Crippen LogP contribution in [0.2, 0.25) is 0 Å². The number of rotatable bonds is 7. The highest BCUT2D eigenvalue weighted by Crippen LogP contribution is 2.22. The minimum Gasteiger partial charge on any atom is -0.395 e. The predicted octanol–water partition coefficient (Wildman–Crippen LogP) is 1.42. The molecule has 0 bridgehead atoms. The highest BCUT2D eigenvalue weighted by atomic mass is 16.6. The van der Waals surface area contributed by atoms with Gasteiger partial charge in [-0.1, -0.05) is 19.3 Å². The van der Waals surface area contributed by atoms with Crippen LogP contribution in [0.3, 0.4) is 0 Å². The summed E-state index contributed by atoms with van der Waals surface area (Å²) in [5.41, 5.74) is 0.0244. The van der Waals surface area contributed by atoms with Crippen LogP contribution in [0, 0.1) is 10.1 Å². The van der Waals surface area contributed by atoms with Crippen molar-refractivity contribution in [3.05, 3.63) is 22.5 Å². The van der Waals surface area contributed by atoms with E-state index in [1.54, 1.807) is 4.68 Å².